The van der Waals surface area contributed by atoms with Crippen molar-refractivity contribution in [2.45, 2.75) is 124 Å². The first-order valence-corrected chi connectivity index (χ1v) is 16.7. The van der Waals surface area contributed by atoms with E-state index in [9.17, 15) is 9.36 Å². The molecule has 8 heteroatoms. The molecule has 0 unspecified atom stereocenters. The lowest BCUT2D eigenvalue weighted by Crippen LogP contribution is -2.41. The van der Waals surface area contributed by atoms with Crippen LogP contribution in [0.5, 0.6) is 5.75 Å². The number of hydrogen-bond donors (Lipinski definition) is 0. The highest BCUT2D eigenvalue weighted by atomic mass is 31.2. The Morgan fingerprint density at radius 3 is 1.77 bits per heavy atom. The van der Waals surface area contributed by atoms with E-state index < -0.39 is 32.8 Å². The summed E-state index contributed by atoms with van der Waals surface area (Å²) in [6, 6.07) is 3.45. The summed E-state index contributed by atoms with van der Waals surface area (Å²) in [5.41, 5.74) is 0.234. The number of aryl methyl sites for hydroxylation is 1. The van der Waals surface area contributed by atoms with Gasteiger partial charge in [-0.05, 0) is 96.1 Å². The minimum Gasteiger partial charge on any atom is -0.417 e. The monoisotopic (exact) mass is 528 g/mol. The van der Waals surface area contributed by atoms with Crippen LogP contribution < -0.4 is 4.52 Å². The van der Waals surface area contributed by atoms with Crippen LogP contribution >= 0.6 is 7.82 Å². The van der Waals surface area contributed by atoms with Crippen LogP contribution in [0.4, 0.5) is 0 Å². The maximum Gasteiger partial charge on any atom is 0.531 e. The SMILES string of the molecule is Cc1cc(C=O)cc(OP(=O)(OC(C)(C)C)OC(C)(C)C)c1C(C)(C)CCO[Si](C)(C)C(C)(C)C. The predicted octanol–water partition coefficient (Wildman–Crippen LogP) is 8.61. The van der Waals surface area contributed by atoms with E-state index in [1.807, 2.05) is 13.0 Å². The van der Waals surface area contributed by atoms with Crippen LogP contribution in [0.15, 0.2) is 12.1 Å². The smallest absolute Gasteiger partial charge is 0.417 e. The molecule has 0 saturated heterocycles. The summed E-state index contributed by atoms with van der Waals surface area (Å²) >= 11 is 0. The van der Waals surface area contributed by atoms with Crippen LogP contribution in [0.1, 0.15) is 104 Å². The van der Waals surface area contributed by atoms with Crippen LogP contribution in [0.3, 0.4) is 0 Å². The lowest BCUT2D eigenvalue weighted by molar-refractivity contribution is 0.0221. The van der Waals surface area contributed by atoms with Gasteiger partial charge in [0.2, 0.25) is 0 Å². The quantitative estimate of drug-likeness (QED) is 0.172. The molecule has 0 amide bonds. The highest BCUT2D eigenvalue weighted by molar-refractivity contribution is 7.49. The minimum absolute atomic E-state index is 0.119. The molecule has 0 aliphatic rings. The van der Waals surface area contributed by atoms with E-state index in [4.69, 9.17) is 18.0 Å². The first-order valence-electron chi connectivity index (χ1n) is 12.4. The molecule has 6 nitrogen and oxygen atoms in total. The number of carbonyl (C=O) groups excluding carboxylic acids is 1. The van der Waals surface area contributed by atoms with Crippen molar-refractivity contribution in [3.63, 3.8) is 0 Å². The zero-order chi connectivity index (χ0) is 27.7. The Bertz CT molecular complexity index is 913. The molecule has 0 bridgehead atoms. The Morgan fingerprint density at radius 2 is 1.37 bits per heavy atom. The summed E-state index contributed by atoms with van der Waals surface area (Å²) in [6.45, 7) is 28.7. The minimum atomic E-state index is -4.05. The maximum absolute atomic E-state index is 13.9. The van der Waals surface area contributed by atoms with Gasteiger partial charge in [0.05, 0.1) is 11.2 Å². The third kappa shape index (κ3) is 9.77. The van der Waals surface area contributed by atoms with Crippen LogP contribution in [0, 0.1) is 6.92 Å². The fraction of sp³-hybridized carbons (Fsp3) is 0.741. The van der Waals surface area contributed by atoms with Gasteiger partial charge in [0.1, 0.15) is 12.0 Å². The highest BCUT2D eigenvalue weighted by Crippen LogP contribution is 2.57. The van der Waals surface area contributed by atoms with Gasteiger partial charge in [-0.25, -0.2) is 4.57 Å². The van der Waals surface area contributed by atoms with Crippen molar-refractivity contribution in [1.82, 2.24) is 0 Å². The molecule has 202 valence electrons. The van der Waals surface area contributed by atoms with E-state index in [1.165, 1.54) is 0 Å². The molecular weight excluding hydrogens is 479 g/mol. The van der Waals surface area contributed by atoms with Crippen molar-refractivity contribution in [3.05, 3.63) is 28.8 Å². The second-order valence-electron chi connectivity index (χ2n) is 13.5. The Labute approximate surface area is 215 Å². The second-order valence-corrected chi connectivity index (χ2v) is 19.8. The topological polar surface area (TPSA) is 71.1 Å². The Balaban J connectivity index is 3.47. The lowest BCUT2D eigenvalue weighted by atomic mass is 9.78. The van der Waals surface area contributed by atoms with Crippen molar-refractivity contribution in [2.75, 3.05) is 6.61 Å². The van der Waals surface area contributed by atoms with E-state index in [1.54, 1.807) is 47.6 Å². The van der Waals surface area contributed by atoms with Crippen LogP contribution in [-0.4, -0.2) is 32.4 Å². The van der Waals surface area contributed by atoms with E-state index >= 15 is 0 Å². The van der Waals surface area contributed by atoms with Crippen molar-refractivity contribution in [3.8, 4) is 5.75 Å². The number of rotatable bonds is 10. The van der Waals surface area contributed by atoms with Crippen molar-refractivity contribution in [2.24, 2.45) is 0 Å². The molecule has 0 atom stereocenters. The van der Waals surface area contributed by atoms with E-state index in [0.717, 1.165) is 23.8 Å². The molecule has 0 heterocycles. The van der Waals surface area contributed by atoms with Gasteiger partial charge in [0, 0.05) is 17.7 Å². The van der Waals surface area contributed by atoms with Gasteiger partial charge in [0.25, 0.3) is 0 Å². The normalized spacial score (nSPS) is 14.2. The van der Waals surface area contributed by atoms with E-state index in [0.29, 0.717) is 17.9 Å². The molecule has 0 aromatic heterocycles. The molecule has 1 aromatic carbocycles. The first-order chi connectivity index (χ1) is 15.4. The molecule has 0 saturated carbocycles. The predicted molar refractivity (Wildman–Crippen MR) is 147 cm³/mol. The van der Waals surface area contributed by atoms with Gasteiger partial charge >= 0.3 is 7.82 Å². The maximum atomic E-state index is 13.9. The first kappa shape index (κ1) is 32.0. The van der Waals surface area contributed by atoms with Crippen molar-refractivity contribution in [1.29, 1.82) is 0 Å². The number of hydrogen-bond acceptors (Lipinski definition) is 6. The zero-order valence-corrected chi connectivity index (χ0v) is 26.4. The standard InChI is InChI=1S/C27H49O6PSi/c1-20-17-21(19-28)18-22(31-34(29,32-24(2,3)4)33-25(5,6)7)23(20)27(11,12)15-16-30-35(13,14)26(8,9)10/h17-19H,15-16H2,1-14H3. The number of phosphoric ester groups is 1. The Kier molecular flexibility index (Phi) is 9.88. The molecular formula is C27H49O6PSi. The summed E-state index contributed by atoms with van der Waals surface area (Å²) in [5, 5.41) is 0.119. The molecule has 0 radical (unpaired) electrons. The molecule has 1 aromatic rings. The van der Waals surface area contributed by atoms with Crippen molar-refractivity contribution >= 4 is 22.4 Å². The highest BCUT2D eigenvalue weighted by Gasteiger charge is 2.41. The molecule has 0 aliphatic heterocycles. The Hall–Kier alpha value is -0.983. The third-order valence-corrected chi connectivity index (χ3v) is 12.6. The van der Waals surface area contributed by atoms with Gasteiger partial charge in [-0.15, -0.1) is 0 Å². The number of aldehydes is 1. The third-order valence-electron chi connectivity index (χ3n) is 6.11. The van der Waals surface area contributed by atoms with Gasteiger partial charge in [-0.1, -0.05) is 34.6 Å². The average Bonchev–Trinajstić information content (AvgIpc) is 2.55. The lowest BCUT2D eigenvalue weighted by Gasteiger charge is -2.38. The number of phosphoric acid groups is 1. The Morgan fingerprint density at radius 1 is 0.886 bits per heavy atom. The second kappa shape index (κ2) is 10.8. The average molecular weight is 529 g/mol. The largest absolute Gasteiger partial charge is 0.531 e. The fourth-order valence-electron chi connectivity index (χ4n) is 3.54. The van der Waals surface area contributed by atoms with Crippen LogP contribution in [0.25, 0.3) is 0 Å². The van der Waals surface area contributed by atoms with Gasteiger partial charge < -0.3 is 8.95 Å². The summed E-state index contributed by atoms with van der Waals surface area (Å²) in [5.74, 6) is 0.334. The molecule has 35 heavy (non-hydrogen) atoms. The van der Waals surface area contributed by atoms with Gasteiger partial charge in [0.15, 0.2) is 8.32 Å². The zero-order valence-electron chi connectivity index (χ0n) is 24.5. The molecule has 0 N–H and O–H groups in total. The van der Waals surface area contributed by atoms with Gasteiger partial charge in [-0.2, -0.15) is 0 Å². The molecule has 0 fully saturated rings. The van der Waals surface area contributed by atoms with Gasteiger partial charge in [-0.3, -0.25) is 13.8 Å². The van der Waals surface area contributed by atoms with Crippen LogP contribution in [-0.2, 0) is 23.5 Å². The summed E-state index contributed by atoms with van der Waals surface area (Å²) in [4.78, 5) is 11.7. The van der Waals surface area contributed by atoms with E-state index in [-0.39, 0.29) is 5.04 Å². The summed E-state index contributed by atoms with van der Waals surface area (Å²) < 4.78 is 38.2. The number of carbonyl (C=O) groups is 1. The number of benzene rings is 1. The fourth-order valence-corrected chi connectivity index (χ4v) is 6.42. The van der Waals surface area contributed by atoms with Crippen LogP contribution in [0.2, 0.25) is 18.1 Å². The molecule has 0 aliphatic carbocycles. The molecule has 0 spiro atoms. The summed E-state index contributed by atoms with van der Waals surface area (Å²) in [6.07, 6.45) is 1.49. The van der Waals surface area contributed by atoms with E-state index in [2.05, 4.69) is 47.7 Å². The molecule has 1 rings (SSSR count). The summed E-state index contributed by atoms with van der Waals surface area (Å²) in [7, 11) is -5.95. The van der Waals surface area contributed by atoms with Crippen molar-refractivity contribution < 1.29 is 27.4 Å².